The van der Waals surface area contributed by atoms with Crippen molar-refractivity contribution in [2.24, 2.45) is 0 Å². The summed E-state index contributed by atoms with van der Waals surface area (Å²) in [6, 6.07) is 12.3. The molecule has 0 aliphatic carbocycles. The molecule has 0 radical (unpaired) electrons. The van der Waals surface area contributed by atoms with Crippen molar-refractivity contribution in [2.45, 2.75) is 43.7 Å². The van der Waals surface area contributed by atoms with Crippen molar-refractivity contribution < 1.29 is 22.6 Å². The van der Waals surface area contributed by atoms with Crippen LogP contribution in [0.25, 0.3) is 10.9 Å². The molecule has 1 atom stereocenters. The number of sulfonamides is 1. The van der Waals surface area contributed by atoms with Gasteiger partial charge < -0.3 is 19.2 Å². The first-order valence-electron chi connectivity index (χ1n) is 11.6. The Bertz CT molecular complexity index is 1360. The van der Waals surface area contributed by atoms with E-state index in [-0.39, 0.29) is 29.6 Å². The van der Waals surface area contributed by atoms with Crippen LogP contribution in [0.15, 0.2) is 52.2 Å². The number of pyridine rings is 1. The van der Waals surface area contributed by atoms with E-state index in [0.717, 1.165) is 35.7 Å². The zero-order valence-electron chi connectivity index (χ0n) is 19.1. The summed E-state index contributed by atoms with van der Waals surface area (Å²) in [5, 5.41) is 0.878. The van der Waals surface area contributed by atoms with Gasteiger partial charge in [0.05, 0.1) is 11.0 Å². The van der Waals surface area contributed by atoms with Crippen molar-refractivity contribution in [2.75, 3.05) is 26.4 Å². The van der Waals surface area contributed by atoms with Gasteiger partial charge in [-0.25, -0.2) is 8.42 Å². The highest BCUT2D eigenvalue weighted by atomic mass is 32.2. The van der Waals surface area contributed by atoms with Gasteiger partial charge in [0.15, 0.2) is 11.5 Å². The number of hydrogen-bond acceptors (Lipinski definition) is 6. The second-order valence-electron chi connectivity index (χ2n) is 8.64. The maximum absolute atomic E-state index is 13.7. The van der Waals surface area contributed by atoms with Crippen molar-refractivity contribution in [3.8, 4) is 11.5 Å². The molecule has 0 bridgehead atoms. The first-order valence-corrected chi connectivity index (χ1v) is 13.0. The number of benzene rings is 2. The molecule has 1 N–H and O–H groups in total. The largest absolute Gasteiger partial charge is 0.486 e. The lowest BCUT2D eigenvalue weighted by Gasteiger charge is -2.26. The molecular formula is C25H28N2O6S. The molecule has 2 aliphatic heterocycles. The van der Waals surface area contributed by atoms with Gasteiger partial charge in [-0.1, -0.05) is 13.0 Å². The Balaban J connectivity index is 1.52. The predicted molar refractivity (Wildman–Crippen MR) is 128 cm³/mol. The third-order valence-corrected chi connectivity index (χ3v) is 8.13. The number of aromatic amines is 1. The van der Waals surface area contributed by atoms with Crippen LogP contribution in [0.1, 0.15) is 30.9 Å². The van der Waals surface area contributed by atoms with Crippen LogP contribution in [-0.4, -0.2) is 50.2 Å². The van der Waals surface area contributed by atoms with Crippen LogP contribution in [0.4, 0.5) is 0 Å². The van der Waals surface area contributed by atoms with E-state index in [1.807, 2.05) is 18.2 Å². The van der Waals surface area contributed by atoms with Crippen molar-refractivity contribution >= 4 is 20.9 Å². The number of rotatable bonds is 7. The van der Waals surface area contributed by atoms with Gasteiger partial charge in [-0.05, 0) is 60.5 Å². The van der Waals surface area contributed by atoms with Gasteiger partial charge in [-0.3, -0.25) is 4.79 Å². The van der Waals surface area contributed by atoms with Gasteiger partial charge >= 0.3 is 0 Å². The molecule has 0 unspecified atom stereocenters. The number of fused-ring (bicyclic) bond motifs is 2. The second kappa shape index (κ2) is 9.40. The van der Waals surface area contributed by atoms with Gasteiger partial charge in [0.1, 0.15) is 13.2 Å². The molecular weight excluding hydrogens is 456 g/mol. The molecule has 9 heteroatoms. The van der Waals surface area contributed by atoms with Crippen molar-refractivity contribution in [1.29, 1.82) is 0 Å². The number of ether oxygens (including phenoxy) is 3. The Morgan fingerprint density at radius 3 is 2.62 bits per heavy atom. The second-order valence-corrected chi connectivity index (χ2v) is 10.6. The summed E-state index contributed by atoms with van der Waals surface area (Å²) in [5.74, 6) is 0.925. The monoisotopic (exact) mass is 484 g/mol. The van der Waals surface area contributed by atoms with Gasteiger partial charge in [0.25, 0.3) is 5.56 Å². The molecule has 8 nitrogen and oxygen atoms in total. The van der Waals surface area contributed by atoms with Gasteiger partial charge in [0, 0.05) is 36.8 Å². The van der Waals surface area contributed by atoms with E-state index in [2.05, 4.69) is 11.9 Å². The standard InChI is InChI=1S/C25H28N2O6S/c1-2-17-5-7-22-18(12-17)13-19(25(28)26-22)15-27(16-20-4-3-9-31-20)34(29,30)21-6-8-23-24(14-21)33-11-10-32-23/h5-8,12-14,20H,2-4,9-11,15-16H2,1H3,(H,26,28)/t20-/m0/s1. The Labute approximate surface area is 198 Å². The average molecular weight is 485 g/mol. The lowest BCUT2D eigenvalue weighted by atomic mass is 10.1. The maximum atomic E-state index is 13.7. The first-order chi connectivity index (χ1) is 16.4. The summed E-state index contributed by atoms with van der Waals surface area (Å²) in [5.41, 5.74) is 1.96. The maximum Gasteiger partial charge on any atom is 0.252 e. The van der Waals surface area contributed by atoms with E-state index in [0.29, 0.717) is 36.9 Å². The van der Waals surface area contributed by atoms with Gasteiger partial charge in [-0.2, -0.15) is 4.31 Å². The summed E-state index contributed by atoms with van der Waals surface area (Å²) in [6.45, 7) is 3.58. The van der Waals surface area contributed by atoms with Crippen molar-refractivity contribution in [3.63, 3.8) is 0 Å². The van der Waals surface area contributed by atoms with Crippen LogP contribution >= 0.6 is 0 Å². The number of aryl methyl sites for hydroxylation is 1. The zero-order valence-corrected chi connectivity index (χ0v) is 19.9. The fourth-order valence-electron chi connectivity index (χ4n) is 4.42. The van der Waals surface area contributed by atoms with E-state index < -0.39 is 10.0 Å². The molecule has 3 aromatic rings. The van der Waals surface area contributed by atoms with Crippen LogP contribution in [0, 0.1) is 0 Å². The minimum atomic E-state index is -3.94. The van der Waals surface area contributed by atoms with Crippen LogP contribution in [-0.2, 0) is 27.7 Å². The number of hydrogen-bond donors (Lipinski definition) is 1. The van der Waals surface area contributed by atoms with Crippen LogP contribution in [0.5, 0.6) is 11.5 Å². The molecule has 1 aromatic heterocycles. The molecule has 180 valence electrons. The van der Waals surface area contributed by atoms with Gasteiger partial charge in [-0.15, -0.1) is 0 Å². The first kappa shape index (κ1) is 22.9. The highest BCUT2D eigenvalue weighted by Gasteiger charge is 2.31. The Hall–Kier alpha value is -2.88. The number of aromatic nitrogens is 1. The van der Waals surface area contributed by atoms with E-state index >= 15 is 0 Å². The minimum absolute atomic E-state index is 0.0573. The van der Waals surface area contributed by atoms with E-state index in [1.165, 1.54) is 16.4 Å². The Kier molecular flexibility index (Phi) is 6.33. The lowest BCUT2D eigenvalue weighted by Crippen LogP contribution is -2.38. The number of H-pyrrole nitrogens is 1. The average Bonchev–Trinajstić information content (AvgIpc) is 3.36. The summed E-state index contributed by atoms with van der Waals surface area (Å²) >= 11 is 0. The smallest absolute Gasteiger partial charge is 0.252 e. The minimum Gasteiger partial charge on any atom is -0.486 e. The lowest BCUT2D eigenvalue weighted by molar-refractivity contribution is 0.0925. The summed E-state index contributed by atoms with van der Waals surface area (Å²) in [4.78, 5) is 15.9. The molecule has 0 spiro atoms. The van der Waals surface area contributed by atoms with Crippen LogP contribution in [0.3, 0.4) is 0 Å². The van der Waals surface area contributed by atoms with E-state index in [9.17, 15) is 13.2 Å². The summed E-state index contributed by atoms with van der Waals surface area (Å²) in [6.07, 6.45) is 2.33. The molecule has 5 rings (SSSR count). The molecule has 0 saturated carbocycles. The summed E-state index contributed by atoms with van der Waals surface area (Å²) < 4.78 is 45.7. The zero-order chi connectivity index (χ0) is 23.7. The highest BCUT2D eigenvalue weighted by molar-refractivity contribution is 7.89. The highest BCUT2D eigenvalue weighted by Crippen LogP contribution is 2.33. The summed E-state index contributed by atoms with van der Waals surface area (Å²) in [7, 11) is -3.94. The van der Waals surface area contributed by atoms with Crippen LogP contribution in [0.2, 0.25) is 0 Å². The number of nitrogens with zero attached hydrogens (tertiary/aromatic N) is 1. The topological polar surface area (TPSA) is 97.9 Å². The SMILES string of the molecule is CCc1ccc2[nH]c(=O)c(CN(C[C@@H]3CCCO3)S(=O)(=O)c3ccc4c(c3)OCCO4)cc2c1. The molecule has 34 heavy (non-hydrogen) atoms. The van der Waals surface area contributed by atoms with Gasteiger partial charge in [0.2, 0.25) is 10.0 Å². The van der Waals surface area contributed by atoms with E-state index in [1.54, 1.807) is 12.1 Å². The molecule has 0 amide bonds. The fraction of sp³-hybridized carbons (Fsp3) is 0.400. The molecule has 1 fully saturated rings. The van der Waals surface area contributed by atoms with Crippen LogP contribution < -0.4 is 15.0 Å². The van der Waals surface area contributed by atoms with Crippen molar-refractivity contribution in [3.05, 3.63) is 63.9 Å². The predicted octanol–water partition coefficient (Wildman–Crippen LogP) is 3.23. The van der Waals surface area contributed by atoms with E-state index in [4.69, 9.17) is 14.2 Å². The molecule has 2 aromatic carbocycles. The fourth-order valence-corrected chi connectivity index (χ4v) is 5.89. The number of nitrogens with one attached hydrogen (secondary N) is 1. The third kappa shape index (κ3) is 4.55. The Morgan fingerprint density at radius 2 is 1.85 bits per heavy atom. The van der Waals surface area contributed by atoms with Crippen molar-refractivity contribution in [1.82, 2.24) is 9.29 Å². The quantitative estimate of drug-likeness (QED) is 0.553. The normalized spacial score (nSPS) is 18.0. The Morgan fingerprint density at radius 1 is 1.03 bits per heavy atom. The molecule has 2 aliphatic rings. The molecule has 3 heterocycles. The third-order valence-electron chi connectivity index (χ3n) is 6.32. The molecule has 1 saturated heterocycles.